The summed E-state index contributed by atoms with van der Waals surface area (Å²) in [5.41, 5.74) is -0.227. The Kier molecular flexibility index (Phi) is 11.0. The molecule has 0 saturated carbocycles. The number of rotatable bonds is 6. The summed E-state index contributed by atoms with van der Waals surface area (Å²) in [5, 5.41) is 9.33. The predicted molar refractivity (Wildman–Crippen MR) is 105 cm³/mol. The molecule has 0 atom stereocenters. The molecule has 0 heterocycles. The van der Waals surface area contributed by atoms with Gasteiger partial charge in [0.1, 0.15) is 6.54 Å². The molecule has 6 nitrogen and oxygen atoms in total. The zero-order chi connectivity index (χ0) is 16.7. The van der Waals surface area contributed by atoms with Gasteiger partial charge in [-0.15, -0.1) is 24.0 Å². The molecule has 3 N–H and O–H groups in total. The highest BCUT2D eigenvalue weighted by Gasteiger charge is 2.20. The van der Waals surface area contributed by atoms with Gasteiger partial charge >= 0.3 is 0 Å². The summed E-state index contributed by atoms with van der Waals surface area (Å²) in [4.78, 5) is 18.3. The summed E-state index contributed by atoms with van der Waals surface area (Å²) in [5.74, 6) is 0.586. The van der Waals surface area contributed by atoms with Crippen LogP contribution >= 0.6 is 24.0 Å². The number of hydrogen-bond donors (Lipinski definition) is 3. The second kappa shape index (κ2) is 10.3. The van der Waals surface area contributed by atoms with Crippen molar-refractivity contribution in [2.24, 2.45) is 4.99 Å². The van der Waals surface area contributed by atoms with Gasteiger partial charge < -0.3 is 20.9 Å². The first-order valence-electron chi connectivity index (χ1n) is 7.48. The van der Waals surface area contributed by atoms with Crippen LogP contribution in [0.4, 0.5) is 0 Å². The predicted octanol–water partition coefficient (Wildman–Crippen LogP) is 1.41. The molecule has 22 heavy (non-hydrogen) atoms. The molecular weight excluding hydrogens is 393 g/mol. The Morgan fingerprint density at radius 1 is 1.09 bits per heavy atom. The zero-order valence-corrected chi connectivity index (χ0v) is 17.7. The largest absolute Gasteiger partial charge is 0.357 e. The molecule has 0 aliphatic heterocycles. The van der Waals surface area contributed by atoms with E-state index in [1.165, 1.54) is 0 Å². The van der Waals surface area contributed by atoms with Crippen LogP contribution in [-0.2, 0) is 4.79 Å². The number of nitrogens with zero attached hydrogens (tertiary/aromatic N) is 2. The highest BCUT2D eigenvalue weighted by molar-refractivity contribution is 14.0. The number of likely N-dealkylation sites (N-methyl/N-ethyl adjacent to an activating group) is 1. The zero-order valence-electron chi connectivity index (χ0n) is 15.3. The van der Waals surface area contributed by atoms with Crippen LogP contribution in [0.15, 0.2) is 4.99 Å². The number of carbonyl (C=O) groups excluding carboxylic acids is 1. The second-order valence-corrected chi connectivity index (χ2v) is 7.05. The van der Waals surface area contributed by atoms with Crippen LogP contribution in [0.25, 0.3) is 0 Å². The molecule has 0 aliphatic rings. The Morgan fingerprint density at radius 2 is 1.64 bits per heavy atom. The van der Waals surface area contributed by atoms with Crippen LogP contribution in [0.1, 0.15) is 41.5 Å². The van der Waals surface area contributed by atoms with E-state index in [1.54, 1.807) is 0 Å². The third-order valence-corrected chi connectivity index (χ3v) is 3.14. The van der Waals surface area contributed by atoms with E-state index in [9.17, 15) is 4.79 Å². The molecule has 0 aromatic carbocycles. The molecule has 0 aromatic rings. The molecule has 0 unspecified atom stereocenters. The van der Waals surface area contributed by atoms with Crippen molar-refractivity contribution in [3.63, 3.8) is 0 Å². The number of guanidine groups is 1. The molecular formula is C15H34IN5O. The van der Waals surface area contributed by atoms with Crippen LogP contribution in [-0.4, -0.2) is 61.6 Å². The Hall–Kier alpha value is -0.570. The number of hydrogen-bond acceptors (Lipinski definition) is 3. The first-order chi connectivity index (χ1) is 9.48. The van der Waals surface area contributed by atoms with Gasteiger partial charge in [-0.25, -0.2) is 4.99 Å². The average molecular weight is 427 g/mol. The van der Waals surface area contributed by atoms with Gasteiger partial charge in [0, 0.05) is 24.2 Å². The van der Waals surface area contributed by atoms with Gasteiger partial charge in [0.2, 0.25) is 5.91 Å². The lowest BCUT2D eigenvalue weighted by atomic mass is 10.0. The molecule has 0 radical (unpaired) electrons. The maximum Gasteiger partial charge on any atom is 0.242 e. The number of aliphatic imine (C=N–C) groups is 1. The Labute approximate surface area is 152 Å². The Morgan fingerprint density at radius 3 is 2.05 bits per heavy atom. The van der Waals surface area contributed by atoms with Crippen LogP contribution in [0, 0.1) is 0 Å². The second-order valence-electron chi connectivity index (χ2n) is 7.05. The topological polar surface area (TPSA) is 68.8 Å². The number of nitrogens with one attached hydrogen (secondary N) is 3. The standard InChI is InChI=1S/C15H33N5O.HI/c1-9-16-13(18-11-15(5,6)20(7)8)17-10-12(21)19-14(2,3)4;/h9-11H2,1-8H3,(H,19,21)(H2,16,17,18);1H. The van der Waals surface area contributed by atoms with Gasteiger partial charge in [-0.05, 0) is 55.6 Å². The van der Waals surface area contributed by atoms with Crippen LogP contribution in [0.2, 0.25) is 0 Å². The lowest BCUT2D eigenvalue weighted by molar-refractivity contribution is -0.121. The van der Waals surface area contributed by atoms with Gasteiger partial charge in [0.25, 0.3) is 0 Å². The van der Waals surface area contributed by atoms with Crippen molar-refractivity contribution in [2.75, 3.05) is 33.7 Å². The van der Waals surface area contributed by atoms with E-state index in [-0.39, 0.29) is 47.5 Å². The Bertz CT molecular complexity index is 361. The fraction of sp³-hybridized carbons (Fsp3) is 0.867. The highest BCUT2D eigenvalue weighted by Crippen LogP contribution is 2.07. The minimum absolute atomic E-state index is 0. The van der Waals surface area contributed by atoms with Gasteiger partial charge in [-0.2, -0.15) is 0 Å². The van der Waals surface area contributed by atoms with E-state index in [4.69, 9.17) is 0 Å². The minimum Gasteiger partial charge on any atom is -0.357 e. The van der Waals surface area contributed by atoms with Gasteiger partial charge in [0.15, 0.2) is 5.96 Å². The van der Waals surface area contributed by atoms with Crippen LogP contribution in [0.5, 0.6) is 0 Å². The summed E-state index contributed by atoms with van der Waals surface area (Å²) in [7, 11) is 4.09. The maximum absolute atomic E-state index is 11.8. The van der Waals surface area contributed by atoms with Gasteiger partial charge in [-0.1, -0.05) is 0 Å². The molecule has 7 heteroatoms. The summed E-state index contributed by atoms with van der Waals surface area (Å²) < 4.78 is 0. The molecule has 0 bridgehead atoms. The molecule has 0 saturated heterocycles. The van der Waals surface area contributed by atoms with E-state index < -0.39 is 0 Å². The quantitative estimate of drug-likeness (QED) is 0.341. The van der Waals surface area contributed by atoms with E-state index in [2.05, 4.69) is 39.7 Å². The van der Waals surface area contributed by atoms with Gasteiger partial charge in [-0.3, -0.25) is 4.79 Å². The normalized spacial score (nSPS) is 12.7. The molecule has 0 fully saturated rings. The lowest BCUT2D eigenvalue weighted by Gasteiger charge is -2.33. The Balaban J connectivity index is 0. The fourth-order valence-electron chi connectivity index (χ4n) is 1.41. The lowest BCUT2D eigenvalue weighted by Crippen LogP contribution is -2.51. The molecule has 0 aromatic heterocycles. The first-order valence-corrected chi connectivity index (χ1v) is 7.48. The first kappa shape index (κ1) is 23.7. The van der Waals surface area contributed by atoms with E-state index >= 15 is 0 Å². The fourth-order valence-corrected chi connectivity index (χ4v) is 1.41. The minimum atomic E-state index is -0.231. The highest BCUT2D eigenvalue weighted by atomic mass is 127. The smallest absolute Gasteiger partial charge is 0.242 e. The summed E-state index contributed by atoms with van der Waals surface area (Å²) >= 11 is 0. The average Bonchev–Trinajstić information content (AvgIpc) is 2.30. The molecule has 1 amide bonds. The van der Waals surface area contributed by atoms with Crippen LogP contribution < -0.4 is 16.0 Å². The van der Waals surface area contributed by atoms with E-state index in [0.29, 0.717) is 5.96 Å². The van der Waals surface area contributed by atoms with Crippen LogP contribution in [0.3, 0.4) is 0 Å². The third kappa shape index (κ3) is 11.1. The van der Waals surface area contributed by atoms with Crippen molar-refractivity contribution >= 4 is 35.8 Å². The molecule has 132 valence electrons. The SMILES string of the molecule is CCNC(=NCC(=O)NC(C)(C)C)NCC(C)(C)N(C)C.I. The molecule has 0 spiro atoms. The summed E-state index contributed by atoms with van der Waals surface area (Å²) in [6, 6.07) is 0. The van der Waals surface area contributed by atoms with Crippen molar-refractivity contribution in [1.82, 2.24) is 20.9 Å². The van der Waals surface area contributed by atoms with Crippen molar-refractivity contribution in [3.05, 3.63) is 0 Å². The summed E-state index contributed by atoms with van der Waals surface area (Å²) in [6.07, 6.45) is 0. The number of carbonyl (C=O) groups is 1. The van der Waals surface area contributed by atoms with Crippen molar-refractivity contribution in [1.29, 1.82) is 0 Å². The number of amides is 1. The third-order valence-electron chi connectivity index (χ3n) is 3.14. The van der Waals surface area contributed by atoms with Crippen molar-refractivity contribution < 1.29 is 4.79 Å². The molecule has 0 aliphatic carbocycles. The van der Waals surface area contributed by atoms with E-state index in [1.807, 2.05) is 41.8 Å². The van der Waals surface area contributed by atoms with Crippen molar-refractivity contribution in [2.45, 2.75) is 52.6 Å². The van der Waals surface area contributed by atoms with Crippen molar-refractivity contribution in [3.8, 4) is 0 Å². The molecule has 0 rings (SSSR count). The summed E-state index contributed by atoms with van der Waals surface area (Å²) in [6.45, 7) is 13.8. The maximum atomic E-state index is 11.8. The number of halogens is 1. The van der Waals surface area contributed by atoms with Gasteiger partial charge in [0.05, 0.1) is 0 Å². The monoisotopic (exact) mass is 427 g/mol. The van der Waals surface area contributed by atoms with E-state index in [0.717, 1.165) is 13.1 Å².